The fourth-order valence-electron chi connectivity index (χ4n) is 3.94. The van der Waals surface area contributed by atoms with E-state index in [0.29, 0.717) is 5.56 Å². The largest absolute Gasteiger partial charge is 0.353 e. The second-order valence-corrected chi connectivity index (χ2v) is 8.79. The molecular weight excluding hydrogens is 459 g/mol. The quantitative estimate of drug-likeness (QED) is 0.521. The molecule has 1 aliphatic heterocycles. The van der Waals surface area contributed by atoms with Gasteiger partial charge in [-0.25, -0.2) is 4.98 Å². The molecule has 0 spiro atoms. The molecular formula is C24H26Cl2N6O. The average Bonchev–Trinajstić information content (AvgIpc) is 3.08. The van der Waals surface area contributed by atoms with Crippen LogP contribution in [-0.4, -0.2) is 58.3 Å². The molecule has 1 amide bonds. The Kier molecular flexibility index (Phi) is 7.33. The number of aromatic nitrogens is 3. The summed E-state index contributed by atoms with van der Waals surface area (Å²) in [6, 6.07) is 11.0. The molecule has 0 atom stereocenters. The predicted molar refractivity (Wildman–Crippen MR) is 134 cm³/mol. The lowest BCUT2D eigenvalue weighted by Gasteiger charge is -2.35. The molecule has 1 N–H and O–H groups in total. The zero-order valence-electron chi connectivity index (χ0n) is 18.6. The van der Waals surface area contributed by atoms with Crippen LogP contribution in [0.2, 0.25) is 10.2 Å². The van der Waals surface area contributed by atoms with Crippen LogP contribution in [0.25, 0.3) is 6.08 Å². The Bertz CT molecular complexity index is 1150. The molecule has 0 saturated carbocycles. The van der Waals surface area contributed by atoms with Crippen molar-refractivity contribution in [3.8, 4) is 0 Å². The van der Waals surface area contributed by atoms with Gasteiger partial charge < -0.3 is 10.2 Å². The van der Waals surface area contributed by atoms with Gasteiger partial charge in [-0.1, -0.05) is 47.5 Å². The highest BCUT2D eigenvalue weighted by molar-refractivity contribution is 6.30. The van der Waals surface area contributed by atoms with Crippen molar-refractivity contribution in [2.75, 3.05) is 42.9 Å². The number of carbonyl (C=O) groups excluding carboxylic acids is 1. The van der Waals surface area contributed by atoms with Crippen LogP contribution in [-0.2, 0) is 7.05 Å². The Morgan fingerprint density at radius 2 is 1.85 bits per heavy atom. The molecule has 4 rings (SSSR count). The smallest absolute Gasteiger partial charge is 0.255 e. The maximum Gasteiger partial charge on any atom is 0.255 e. The summed E-state index contributed by atoms with van der Waals surface area (Å²) in [6.07, 6.45) is 5.82. The summed E-state index contributed by atoms with van der Waals surface area (Å²) in [7, 11) is 1.91. The number of anilines is 2. The number of pyridine rings is 1. The van der Waals surface area contributed by atoms with Crippen LogP contribution in [0.1, 0.15) is 21.6 Å². The number of nitrogens with zero attached hydrogens (tertiary/aromatic N) is 5. The molecule has 0 unspecified atom stereocenters. The van der Waals surface area contributed by atoms with Crippen LogP contribution in [0.5, 0.6) is 0 Å². The van der Waals surface area contributed by atoms with Gasteiger partial charge in [-0.2, -0.15) is 5.10 Å². The SMILES string of the molecule is Cc1nn(C)c(N2CCN(CC=Cc3ccc(Cl)cc3)CC2)c1NC(=O)c1ccnc(Cl)c1. The Hall–Kier alpha value is -2.87. The normalized spacial score (nSPS) is 14.7. The summed E-state index contributed by atoms with van der Waals surface area (Å²) < 4.78 is 1.83. The Balaban J connectivity index is 1.39. The van der Waals surface area contributed by atoms with Gasteiger partial charge in [0.2, 0.25) is 0 Å². The van der Waals surface area contributed by atoms with Gasteiger partial charge in [-0.3, -0.25) is 14.4 Å². The minimum absolute atomic E-state index is 0.234. The van der Waals surface area contributed by atoms with Crippen LogP contribution < -0.4 is 10.2 Å². The molecule has 1 fully saturated rings. The highest BCUT2D eigenvalue weighted by atomic mass is 35.5. The first-order valence-electron chi connectivity index (χ1n) is 10.8. The number of rotatable bonds is 6. The van der Waals surface area contributed by atoms with Crippen LogP contribution in [0.15, 0.2) is 48.7 Å². The number of aryl methyl sites for hydroxylation is 2. The molecule has 1 aliphatic rings. The summed E-state index contributed by atoms with van der Waals surface area (Å²) in [5.41, 5.74) is 3.10. The number of piperazine rings is 1. The molecule has 1 saturated heterocycles. The van der Waals surface area contributed by atoms with Crippen molar-refractivity contribution >= 4 is 46.7 Å². The van der Waals surface area contributed by atoms with Gasteiger partial charge in [0.25, 0.3) is 5.91 Å². The molecule has 0 radical (unpaired) electrons. The second-order valence-electron chi connectivity index (χ2n) is 7.97. The van der Waals surface area contributed by atoms with Crippen LogP contribution in [0.3, 0.4) is 0 Å². The lowest BCUT2D eigenvalue weighted by atomic mass is 10.2. The first-order valence-corrected chi connectivity index (χ1v) is 11.5. The van der Waals surface area contributed by atoms with E-state index in [0.717, 1.165) is 60.5 Å². The molecule has 7 nitrogen and oxygen atoms in total. The Morgan fingerprint density at radius 1 is 1.12 bits per heavy atom. The molecule has 3 aromatic rings. The van der Waals surface area contributed by atoms with Crippen molar-refractivity contribution in [2.45, 2.75) is 6.92 Å². The molecule has 1 aromatic carbocycles. The van der Waals surface area contributed by atoms with E-state index in [1.807, 2.05) is 42.9 Å². The minimum Gasteiger partial charge on any atom is -0.353 e. The van der Waals surface area contributed by atoms with Gasteiger partial charge in [0.05, 0.1) is 5.69 Å². The summed E-state index contributed by atoms with van der Waals surface area (Å²) in [5, 5.41) is 8.60. The van der Waals surface area contributed by atoms with E-state index in [9.17, 15) is 4.79 Å². The van der Waals surface area contributed by atoms with Gasteiger partial charge in [-0.15, -0.1) is 0 Å². The van der Waals surface area contributed by atoms with E-state index in [1.165, 1.54) is 6.20 Å². The van der Waals surface area contributed by atoms with Gasteiger partial charge in [0.15, 0.2) is 5.82 Å². The zero-order chi connectivity index (χ0) is 23.4. The zero-order valence-corrected chi connectivity index (χ0v) is 20.1. The molecule has 9 heteroatoms. The second kappa shape index (κ2) is 10.4. The monoisotopic (exact) mass is 484 g/mol. The summed E-state index contributed by atoms with van der Waals surface area (Å²) in [4.78, 5) is 21.4. The van der Waals surface area contributed by atoms with Gasteiger partial charge in [0.1, 0.15) is 10.8 Å². The lowest BCUT2D eigenvalue weighted by Crippen LogP contribution is -2.47. The van der Waals surface area contributed by atoms with E-state index >= 15 is 0 Å². The van der Waals surface area contributed by atoms with Crippen molar-refractivity contribution in [1.82, 2.24) is 19.7 Å². The summed E-state index contributed by atoms with van der Waals surface area (Å²) in [6.45, 7) is 6.31. The highest BCUT2D eigenvalue weighted by Crippen LogP contribution is 2.30. The van der Waals surface area contributed by atoms with E-state index in [1.54, 1.807) is 12.1 Å². The molecule has 3 heterocycles. The van der Waals surface area contributed by atoms with Crippen molar-refractivity contribution in [2.24, 2.45) is 7.05 Å². The molecule has 0 aliphatic carbocycles. The number of hydrogen-bond acceptors (Lipinski definition) is 5. The minimum atomic E-state index is -0.234. The Labute approximate surface area is 203 Å². The van der Waals surface area contributed by atoms with Crippen molar-refractivity contribution in [1.29, 1.82) is 0 Å². The Morgan fingerprint density at radius 3 is 2.55 bits per heavy atom. The van der Waals surface area contributed by atoms with E-state index in [2.05, 4.69) is 37.4 Å². The molecule has 172 valence electrons. The average molecular weight is 485 g/mol. The number of nitrogens with one attached hydrogen (secondary N) is 1. The molecule has 0 bridgehead atoms. The first kappa shape index (κ1) is 23.3. The summed E-state index contributed by atoms with van der Waals surface area (Å²) in [5.74, 6) is 0.681. The number of hydrogen-bond donors (Lipinski definition) is 1. The fourth-order valence-corrected chi connectivity index (χ4v) is 4.24. The third-order valence-corrected chi connectivity index (χ3v) is 6.09. The lowest BCUT2D eigenvalue weighted by molar-refractivity contribution is 0.102. The number of benzene rings is 1. The maximum atomic E-state index is 12.8. The first-order chi connectivity index (χ1) is 15.9. The predicted octanol–water partition coefficient (Wildman–Crippen LogP) is 4.52. The maximum absolute atomic E-state index is 12.8. The van der Waals surface area contributed by atoms with Gasteiger partial charge >= 0.3 is 0 Å². The van der Waals surface area contributed by atoms with Crippen molar-refractivity contribution < 1.29 is 4.79 Å². The van der Waals surface area contributed by atoms with Crippen LogP contribution >= 0.6 is 23.2 Å². The van der Waals surface area contributed by atoms with Crippen LogP contribution in [0, 0.1) is 6.92 Å². The van der Waals surface area contributed by atoms with Crippen molar-refractivity contribution in [3.63, 3.8) is 0 Å². The topological polar surface area (TPSA) is 66.3 Å². The van der Waals surface area contributed by atoms with E-state index < -0.39 is 0 Å². The third-order valence-electron chi connectivity index (χ3n) is 5.63. The van der Waals surface area contributed by atoms with E-state index in [4.69, 9.17) is 23.2 Å². The highest BCUT2D eigenvalue weighted by Gasteiger charge is 2.25. The van der Waals surface area contributed by atoms with Crippen LogP contribution in [0.4, 0.5) is 11.5 Å². The number of amides is 1. The summed E-state index contributed by atoms with van der Waals surface area (Å²) >= 11 is 11.9. The molecule has 2 aromatic heterocycles. The standard InChI is InChI=1S/C24H26Cl2N6O/c1-17-22(28-23(33)19-9-10-27-21(26)16-19)24(30(2)29-17)32-14-12-31(13-15-32)11-3-4-18-5-7-20(25)8-6-18/h3-10,16H,11-15H2,1-2H3,(H,28,33). The fraction of sp³-hybridized carbons (Fsp3) is 0.292. The van der Waals surface area contributed by atoms with E-state index in [-0.39, 0.29) is 11.1 Å². The third kappa shape index (κ3) is 5.74. The molecule has 33 heavy (non-hydrogen) atoms. The van der Waals surface area contributed by atoms with Gasteiger partial charge in [0, 0.05) is 56.6 Å². The number of carbonyl (C=O) groups is 1. The van der Waals surface area contributed by atoms with Crippen molar-refractivity contribution in [3.05, 3.63) is 75.7 Å². The number of halogens is 2. The van der Waals surface area contributed by atoms with Gasteiger partial charge in [-0.05, 0) is 36.8 Å².